The Morgan fingerprint density at radius 2 is 2.06 bits per heavy atom. The molecule has 0 spiro atoms. The Kier molecular flexibility index (Phi) is 5.34. The second-order valence-electron chi connectivity index (χ2n) is 3.98. The first-order chi connectivity index (χ1) is 8.19. The number of rotatable bonds is 5. The first-order valence-electron chi connectivity index (χ1n) is 6.03. The third-order valence-electron chi connectivity index (χ3n) is 2.69. The van der Waals surface area contributed by atoms with E-state index in [1.54, 1.807) is 6.08 Å². The van der Waals surface area contributed by atoms with Gasteiger partial charge in [-0.25, -0.2) is 0 Å². The van der Waals surface area contributed by atoms with Gasteiger partial charge in [-0.2, -0.15) is 0 Å². The van der Waals surface area contributed by atoms with E-state index in [2.05, 4.69) is 31.3 Å². The molecule has 0 bridgehead atoms. The largest absolute Gasteiger partial charge is 0.506 e. The van der Waals surface area contributed by atoms with Crippen molar-refractivity contribution in [1.82, 2.24) is 5.32 Å². The molecule has 92 valence electrons. The molecule has 1 aromatic rings. The molecule has 0 aromatic heterocycles. The molecule has 0 amide bonds. The van der Waals surface area contributed by atoms with Crippen LogP contribution in [0.4, 0.5) is 0 Å². The van der Waals surface area contributed by atoms with E-state index in [0.29, 0.717) is 5.76 Å². The van der Waals surface area contributed by atoms with Crippen LogP contribution in [-0.2, 0) is 6.54 Å². The zero-order chi connectivity index (χ0) is 12.7. The van der Waals surface area contributed by atoms with Crippen LogP contribution in [0.15, 0.2) is 47.9 Å². The van der Waals surface area contributed by atoms with Gasteiger partial charge in [-0.3, -0.25) is 0 Å². The van der Waals surface area contributed by atoms with Crippen molar-refractivity contribution in [3.8, 4) is 0 Å². The number of allylic oxidation sites excluding steroid dienone is 2. The first-order valence-corrected chi connectivity index (χ1v) is 6.03. The molecule has 2 N–H and O–H groups in total. The smallest absolute Gasteiger partial charge is 0.134 e. The Bertz CT molecular complexity index is 419. The summed E-state index contributed by atoms with van der Waals surface area (Å²) < 4.78 is 0. The number of aliphatic hydroxyl groups is 1. The predicted octanol–water partition coefficient (Wildman–Crippen LogP) is 3.84. The first kappa shape index (κ1) is 13.4. The van der Waals surface area contributed by atoms with Crippen molar-refractivity contribution in [3.63, 3.8) is 0 Å². The monoisotopic (exact) mass is 231 g/mol. The van der Waals surface area contributed by atoms with Crippen LogP contribution >= 0.6 is 0 Å². The molecule has 1 rings (SSSR count). The van der Waals surface area contributed by atoms with Gasteiger partial charge in [-0.1, -0.05) is 37.3 Å². The summed E-state index contributed by atoms with van der Waals surface area (Å²) in [5.41, 5.74) is 3.31. The van der Waals surface area contributed by atoms with Crippen molar-refractivity contribution in [2.45, 2.75) is 33.7 Å². The molecule has 2 heteroatoms. The van der Waals surface area contributed by atoms with E-state index in [4.69, 9.17) is 0 Å². The van der Waals surface area contributed by atoms with Gasteiger partial charge in [0.2, 0.25) is 0 Å². The number of hydrogen-bond donors (Lipinski definition) is 2. The van der Waals surface area contributed by atoms with E-state index < -0.39 is 0 Å². The van der Waals surface area contributed by atoms with Gasteiger partial charge < -0.3 is 10.4 Å². The van der Waals surface area contributed by atoms with Crippen LogP contribution in [0.25, 0.3) is 0 Å². The summed E-state index contributed by atoms with van der Waals surface area (Å²) >= 11 is 0. The van der Waals surface area contributed by atoms with Crippen LogP contribution in [0.3, 0.4) is 0 Å². The van der Waals surface area contributed by atoms with Crippen molar-refractivity contribution < 1.29 is 5.11 Å². The van der Waals surface area contributed by atoms with Crippen LogP contribution in [0.2, 0.25) is 0 Å². The summed E-state index contributed by atoms with van der Waals surface area (Å²) in [7, 11) is 0. The minimum Gasteiger partial charge on any atom is -0.506 e. The lowest BCUT2D eigenvalue weighted by molar-refractivity contribution is 0.411. The van der Waals surface area contributed by atoms with E-state index >= 15 is 0 Å². The van der Waals surface area contributed by atoms with Crippen molar-refractivity contribution in [2.75, 3.05) is 0 Å². The van der Waals surface area contributed by atoms with E-state index in [1.165, 1.54) is 11.1 Å². The Hall–Kier alpha value is -1.70. The summed E-state index contributed by atoms with van der Waals surface area (Å²) in [4.78, 5) is 0. The van der Waals surface area contributed by atoms with Crippen LogP contribution in [0.1, 0.15) is 31.4 Å². The van der Waals surface area contributed by atoms with Crippen molar-refractivity contribution >= 4 is 0 Å². The summed E-state index contributed by atoms with van der Waals surface area (Å²) in [6.07, 6.45) is 4.59. The zero-order valence-electron chi connectivity index (χ0n) is 10.8. The molecule has 0 fully saturated rings. The molecule has 0 unspecified atom stereocenters. The van der Waals surface area contributed by atoms with E-state index in [-0.39, 0.29) is 0 Å². The van der Waals surface area contributed by atoms with Crippen LogP contribution < -0.4 is 5.32 Å². The Balaban J connectivity index is 2.72. The van der Waals surface area contributed by atoms with Crippen LogP contribution in [0.5, 0.6) is 0 Å². The average Bonchev–Trinajstić information content (AvgIpc) is 2.35. The highest BCUT2D eigenvalue weighted by atomic mass is 16.3. The fourth-order valence-electron chi connectivity index (χ4n) is 1.63. The summed E-state index contributed by atoms with van der Waals surface area (Å²) in [5.74, 6) is 0.306. The number of aliphatic hydroxyl groups excluding tert-OH is 1. The molecule has 0 aliphatic heterocycles. The highest BCUT2D eigenvalue weighted by molar-refractivity contribution is 5.28. The molecule has 1 aromatic carbocycles. The van der Waals surface area contributed by atoms with Gasteiger partial charge in [-0.05, 0) is 37.5 Å². The fourth-order valence-corrected chi connectivity index (χ4v) is 1.63. The van der Waals surface area contributed by atoms with Gasteiger partial charge in [0.05, 0.1) is 5.70 Å². The summed E-state index contributed by atoms with van der Waals surface area (Å²) in [6.45, 7) is 6.71. The number of benzene rings is 1. The molecule has 0 heterocycles. The van der Waals surface area contributed by atoms with E-state index in [1.807, 2.05) is 25.1 Å². The van der Waals surface area contributed by atoms with Crippen molar-refractivity contribution in [1.29, 1.82) is 0 Å². The Labute approximate surface area is 104 Å². The molecule has 0 radical (unpaired) electrons. The minimum absolute atomic E-state index is 0.306. The molecule has 0 aliphatic carbocycles. The molecular formula is C15H21NO. The lowest BCUT2D eigenvalue weighted by atomic mass is 10.1. The molecule has 0 aliphatic rings. The second-order valence-corrected chi connectivity index (χ2v) is 3.98. The zero-order valence-corrected chi connectivity index (χ0v) is 10.8. The van der Waals surface area contributed by atoms with Gasteiger partial charge in [0, 0.05) is 6.54 Å². The SMILES string of the molecule is C/C=C(O)\C(=C/CC)NCc1ccccc1C. The van der Waals surface area contributed by atoms with Crippen molar-refractivity contribution in [3.05, 3.63) is 59.0 Å². The molecule has 17 heavy (non-hydrogen) atoms. The molecule has 2 nitrogen and oxygen atoms in total. The van der Waals surface area contributed by atoms with Crippen LogP contribution in [0, 0.1) is 6.92 Å². The Morgan fingerprint density at radius 1 is 1.35 bits per heavy atom. The van der Waals surface area contributed by atoms with Gasteiger partial charge in [0.1, 0.15) is 5.76 Å². The molecule has 0 saturated heterocycles. The average molecular weight is 231 g/mol. The summed E-state index contributed by atoms with van der Waals surface area (Å²) in [6, 6.07) is 8.25. The topological polar surface area (TPSA) is 32.3 Å². The number of hydrogen-bond acceptors (Lipinski definition) is 2. The van der Waals surface area contributed by atoms with Gasteiger partial charge in [-0.15, -0.1) is 0 Å². The number of aryl methyl sites for hydroxylation is 1. The number of nitrogens with one attached hydrogen (secondary N) is 1. The fraction of sp³-hybridized carbons (Fsp3) is 0.333. The summed E-state index contributed by atoms with van der Waals surface area (Å²) in [5, 5.41) is 13.0. The highest BCUT2D eigenvalue weighted by Gasteiger charge is 2.02. The van der Waals surface area contributed by atoms with Gasteiger partial charge in [0.25, 0.3) is 0 Å². The quantitative estimate of drug-likeness (QED) is 0.596. The predicted molar refractivity (Wildman–Crippen MR) is 72.8 cm³/mol. The lowest BCUT2D eigenvalue weighted by Gasteiger charge is -2.12. The maximum absolute atomic E-state index is 9.73. The molecule has 0 saturated carbocycles. The third-order valence-corrected chi connectivity index (χ3v) is 2.69. The second kappa shape index (κ2) is 6.79. The van der Waals surface area contributed by atoms with E-state index in [9.17, 15) is 5.11 Å². The Morgan fingerprint density at radius 3 is 2.65 bits per heavy atom. The minimum atomic E-state index is 0.306. The third kappa shape index (κ3) is 3.99. The van der Waals surface area contributed by atoms with Gasteiger partial charge in [0.15, 0.2) is 0 Å². The maximum atomic E-state index is 9.73. The van der Waals surface area contributed by atoms with E-state index in [0.717, 1.165) is 18.7 Å². The highest BCUT2D eigenvalue weighted by Crippen LogP contribution is 2.10. The molecule has 0 atom stereocenters. The standard InChI is InChI=1S/C15H21NO/c1-4-8-14(15(17)5-2)16-11-13-10-7-6-9-12(13)3/h5-10,16-17H,4,11H2,1-3H3/b14-8+,15-5+. The normalized spacial score (nSPS) is 12.6. The van der Waals surface area contributed by atoms with Crippen LogP contribution in [-0.4, -0.2) is 5.11 Å². The molecular weight excluding hydrogens is 210 g/mol. The van der Waals surface area contributed by atoms with Crippen molar-refractivity contribution in [2.24, 2.45) is 0 Å². The lowest BCUT2D eigenvalue weighted by Crippen LogP contribution is -2.15. The van der Waals surface area contributed by atoms with Gasteiger partial charge >= 0.3 is 0 Å². The maximum Gasteiger partial charge on any atom is 0.134 e.